The first-order valence-electron chi connectivity index (χ1n) is 7.88. The molecular weight excluding hydrogens is 307 g/mol. The van der Waals surface area contributed by atoms with Gasteiger partial charge in [0, 0.05) is 6.07 Å². The molecule has 0 aromatic heterocycles. The lowest BCUT2D eigenvalue weighted by Crippen LogP contribution is -2.35. The lowest BCUT2D eigenvalue weighted by atomic mass is 9.80. The van der Waals surface area contributed by atoms with Crippen molar-refractivity contribution >= 4 is 18.4 Å². The van der Waals surface area contributed by atoms with E-state index in [2.05, 4.69) is 0 Å². The minimum absolute atomic E-state index is 0.0801. The summed E-state index contributed by atoms with van der Waals surface area (Å²) < 4.78 is 17.0. The van der Waals surface area contributed by atoms with Crippen LogP contribution in [0.15, 0.2) is 36.4 Å². The highest BCUT2D eigenvalue weighted by Gasteiger charge is 2.32. The minimum atomic E-state index is -0.862. The number of carbonyl (C=O) groups is 1. The molecule has 2 aromatic carbocycles. The summed E-state index contributed by atoms with van der Waals surface area (Å²) in [4.78, 5) is 12.2. The lowest BCUT2D eigenvalue weighted by Gasteiger charge is -2.31. The average molecular weight is 324 g/mol. The molecule has 0 saturated heterocycles. The second-order valence-corrected chi connectivity index (χ2v) is 6.75. The molecule has 1 N–H and O–H groups in total. The molecule has 2 heterocycles. The van der Waals surface area contributed by atoms with Crippen LogP contribution < -0.4 is 14.9 Å². The molecule has 24 heavy (non-hydrogen) atoms. The Morgan fingerprint density at radius 1 is 1.17 bits per heavy atom. The maximum Gasteiger partial charge on any atom is 0.491 e. The predicted molar refractivity (Wildman–Crippen MR) is 89.0 cm³/mol. The van der Waals surface area contributed by atoms with Crippen molar-refractivity contribution in [3.05, 3.63) is 47.5 Å². The van der Waals surface area contributed by atoms with Gasteiger partial charge < -0.3 is 19.2 Å². The molecule has 0 spiro atoms. The Kier molecular flexibility index (Phi) is 3.40. The Labute approximate surface area is 140 Å². The fourth-order valence-electron chi connectivity index (χ4n) is 3.10. The highest BCUT2D eigenvalue weighted by atomic mass is 16.5. The van der Waals surface area contributed by atoms with Crippen LogP contribution in [0.25, 0.3) is 0 Å². The molecule has 2 aliphatic rings. The van der Waals surface area contributed by atoms with E-state index < -0.39 is 12.7 Å². The van der Waals surface area contributed by atoms with Crippen molar-refractivity contribution < 1.29 is 23.9 Å². The number of hydrogen-bond donors (Lipinski definition) is 1. The van der Waals surface area contributed by atoms with Crippen molar-refractivity contribution in [2.75, 3.05) is 0 Å². The average Bonchev–Trinajstić information content (AvgIpc) is 2.86. The second-order valence-electron chi connectivity index (χ2n) is 6.75. The van der Waals surface area contributed by atoms with Gasteiger partial charge in [0.1, 0.15) is 22.8 Å². The van der Waals surface area contributed by atoms with Crippen LogP contribution >= 0.6 is 0 Å². The van der Waals surface area contributed by atoms with E-state index in [1.54, 1.807) is 30.3 Å². The molecule has 5 nitrogen and oxygen atoms in total. The van der Waals surface area contributed by atoms with Crippen molar-refractivity contribution in [1.29, 1.82) is 0 Å². The largest absolute Gasteiger partial charge is 0.491 e. The Hall–Kier alpha value is -2.31. The highest BCUT2D eigenvalue weighted by molar-refractivity contribution is 6.61. The molecule has 0 aliphatic carbocycles. The molecule has 2 aromatic rings. The van der Waals surface area contributed by atoms with Crippen LogP contribution in [0, 0.1) is 0 Å². The molecule has 6 heteroatoms. The van der Waals surface area contributed by atoms with E-state index in [4.69, 9.17) is 14.1 Å². The molecule has 0 fully saturated rings. The third-order valence-electron chi connectivity index (χ3n) is 4.24. The van der Waals surface area contributed by atoms with Gasteiger partial charge in [-0.05, 0) is 49.1 Å². The number of rotatable bonds is 2. The first-order valence-corrected chi connectivity index (χ1v) is 7.88. The zero-order chi connectivity index (χ0) is 16.9. The van der Waals surface area contributed by atoms with Crippen molar-refractivity contribution in [3.63, 3.8) is 0 Å². The van der Waals surface area contributed by atoms with Crippen molar-refractivity contribution in [1.82, 2.24) is 0 Å². The SMILES string of the molecule is CC1(C)CC(=O)c2ccc(Oc3ccc4c(c3)COB4O)cc2O1. The quantitative estimate of drug-likeness (QED) is 0.860. The van der Waals surface area contributed by atoms with E-state index in [9.17, 15) is 9.82 Å². The fraction of sp³-hybridized carbons (Fsp3) is 0.278. The molecule has 0 bridgehead atoms. The summed E-state index contributed by atoms with van der Waals surface area (Å²) in [6.07, 6.45) is 0.368. The van der Waals surface area contributed by atoms with E-state index >= 15 is 0 Å². The zero-order valence-corrected chi connectivity index (χ0v) is 13.5. The van der Waals surface area contributed by atoms with E-state index in [1.165, 1.54) is 0 Å². The van der Waals surface area contributed by atoms with Crippen LogP contribution in [-0.2, 0) is 11.3 Å². The molecule has 122 valence electrons. The first kappa shape index (κ1) is 15.2. The van der Waals surface area contributed by atoms with Gasteiger partial charge in [0.25, 0.3) is 0 Å². The van der Waals surface area contributed by atoms with Crippen LogP contribution in [0.3, 0.4) is 0 Å². The van der Waals surface area contributed by atoms with Gasteiger partial charge >= 0.3 is 7.12 Å². The van der Waals surface area contributed by atoms with Gasteiger partial charge in [0.05, 0.1) is 18.6 Å². The normalized spacial score (nSPS) is 18.0. The van der Waals surface area contributed by atoms with Crippen LogP contribution in [-0.4, -0.2) is 23.5 Å². The molecule has 0 amide bonds. The molecule has 0 radical (unpaired) electrons. The Morgan fingerprint density at radius 3 is 2.75 bits per heavy atom. The maximum atomic E-state index is 12.2. The maximum absolute atomic E-state index is 12.2. The standard InChI is InChI=1S/C18H17BO5/c1-18(2)9-16(20)14-5-3-13(8-17(14)24-18)23-12-4-6-15-11(7-12)10-22-19(15)21/h3-8,21H,9-10H2,1-2H3. The summed E-state index contributed by atoms with van der Waals surface area (Å²) in [6, 6.07) is 10.7. The van der Waals surface area contributed by atoms with Crippen molar-refractivity contribution in [3.8, 4) is 17.2 Å². The van der Waals surface area contributed by atoms with Gasteiger partial charge in [0.15, 0.2) is 5.78 Å². The summed E-state index contributed by atoms with van der Waals surface area (Å²) >= 11 is 0. The van der Waals surface area contributed by atoms with Gasteiger partial charge in [-0.25, -0.2) is 0 Å². The van der Waals surface area contributed by atoms with E-state index in [-0.39, 0.29) is 5.78 Å². The number of carbonyl (C=O) groups excluding carboxylic acids is 1. The van der Waals surface area contributed by atoms with Gasteiger partial charge in [-0.15, -0.1) is 0 Å². The van der Waals surface area contributed by atoms with E-state index in [1.807, 2.05) is 19.9 Å². The number of benzene rings is 2. The van der Waals surface area contributed by atoms with Crippen LogP contribution in [0.2, 0.25) is 0 Å². The predicted octanol–water partition coefficient (Wildman–Crippen LogP) is 2.44. The first-order chi connectivity index (χ1) is 11.4. The van der Waals surface area contributed by atoms with E-state index in [0.29, 0.717) is 35.8 Å². The molecule has 4 rings (SSSR count). The topological polar surface area (TPSA) is 65.0 Å². The smallest absolute Gasteiger partial charge is 0.486 e. The molecule has 0 atom stereocenters. The summed E-state index contributed by atoms with van der Waals surface area (Å²) in [5, 5.41) is 9.66. The minimum Gasteiger partial charge on any atom is -0.486 e. The monoisotopic (exact) mass is 324 g/mol. The summed E-state index contributed by atoms with van der Waals surface area (Å²) in [7, 11) is -0.862. The molecule has 0 unspecified atom stereocenters. The molecular formula is C18H17BO5. The number of ketones is 1. The number of Topliss-reactive ketones (excluding diaryl/α,β-unsaturated/α-hetero) is 1. The van der Waals surface area contributed by atoms with Crippen molar-refractivity contribution in [2.45, 2.75) is 32.5 Å². The Balaban J connectivity index is 1.61. The summed E-state index contributed by atoms with van der Waals surface area (Å²) in [5.41, 5.74) is 1.75. The third kappa shape index (κ3) is 2.68. The number of fused-ring (bicyclic) bond motifs is 2. The summed E-state index contributed by atoms with van der Waals surface area (Å²) in [5.74, 6) is 1.87. The fourth-order valence-corrected chi connectivity index (χ4v) is 3.10. The Morgan fingerprint density at radius 2 is 1.92 bits per heavy atom. The zero-order valence-electron chi connectivity index (χ0n) is 13.5. The summed E-state index contributed by atoms with van der Waals surface area (Å²) in [6.45, 7) is 4.16. The number of ether oxygens (including phenoxy) is 2. The van der Waals surface area contributed by atoms with Crippen LogP contribution in [0.4, 0.5) is 0 Å². The Bertz CT molecular complexity index is 830. The van der Waals surface area contributed by atoms with Crippen LogP contribution in [0.5, 0.6) is 17.2 Å². The lowest BCUT2D eigenvalue weighted by molar-refractivity contribution is 0.0619. The molecule has 0 saturated carbocycles. The van der Waals surface area contributed by atoms with Gasteiger partial charge in [0.2, 0.25) is 0 Å². The molecule has 2 aliphatic heterocycles. The number of hydrogen-bond acceptors (Lipinski definition) is 5. The van der Waals surface area contributed by atoms with Gasteiger partial charge in [-0.1, -0.05) is 6.07 Å². The highest BCUT2D eigenvalue weighted by Crippen LogP contribution is 2.36. The van der Waals surface area contributed by atoms with Gasteiger partial charge in [-0.3, -0.25) is 4.79 Å². The van der Waals surface area contributed by atoms with Crippen molar-refractivity contribution in [2.24, 2.45) is 0 Å². The second kappa shape index (κ2) is 5.36. The van der Waals surface area contributed by atoms with E-state index in [0.717, 1.165) is 11.0 Å². The van der Waals surface area contributed by atoms with Crippen LogP contribution in [0.1, 0.15) is 36.2 Å². The third-order valence-corrected chi connectivity index (χ3v) is 4.24. The van der Waals surface area contributed by atoms with Gasteiger partial charge in [-0.2, -0.15) is 0 Å².